The van der Waals surface area contributed by atoms with Crippen LogP contribution in [-0.4, -0.2) is 22.0 Å². The second kappa shape index (κ2) is 6.15. The van der Waals surface area contributed by atoms with Crippen LogP contribution < -0.4 is 10.1 Å². The highest BCUT2D eigenvalue weighted by molar-refractivity contribution is 5.73. The fourth-order valence-electron chi connectivity index (χ4n) is 2.78. The summed E-state index contributed by atoms with van der Waals surface area (Å²) in [7, 11) is 0. The number of nitrogens with one attached hydrogen (secondary N) is 1. The second-order valence-electron chi connectivity index (χ2n) is 5.42. The van der Waals surface area contributed by atoms with E-state index in [9.17, 15) is 9.90 Å². The number of aromatic nitrogens is 1. The summed E-state index contributed by atoms with van der Waals surface area (Å²) in [6, 6.07) is 10.7. The minimum absolute atomic E-state index is 0.173. The summed E-state index contributed by atoms with van der Waals surface area (Å²) in [5.41, 5.74) is 1.61. The highest BCUT2D eigenvalue weighted by Crippen LogP contribution is 2.38. The largest absolute Gasteiger partial charge is 0.485 e. The Bertz CT molecular complexity index is 660. The lowest BCUT2D eigenvalue weighted by Gasteiger charge is -2.23. The summed E-state index contributed by atoms with van der Waals surface area (Å²) in [4.78, 5) is 15.6. The predicted octanol–water partition coefficient (Wildman–Crippen LogP) is 2.14. The molecular weight excluding hydrogens is 280 g/mol. The minimum atomic E-state index is -0.804. The number of nitrogens with zero attached hydrogens (tertiary/aromatic N) is 1. The predicted molar refractivity (Wildman–Crippen MR) is 81.2 cm³/mol. The Kier molecular flexibility index (Phi) is 4.06. The van der Waals surface area contributed by atoms with Gasteiger partial charge in [0.05, 0.1) is 6.04 Å². The molecule has 114 valence electrons. The van der Waals surface area contributed by atoms with Crippen molar-refractivity contribution < 1.29 is 14.6 Å². The van der Waals surface area contributed by atoms with Gasteiger partial charge in [0, 0.05) is 36.9 Å². The van der Waals surface area contributed by atoms with Crippen LogP contribution in [0.4, 0.5) is 0 Å². The third kappa shape index (κ3) is 2.94. The lowest BCUT2D eigenvalue weighted by Crippen LogP contribution is -2.38. The number of amides is 1. The molecule has 1 amide bonds. The summed E-state index contributed by atoms with van der Waals surface area (Å²) in [5, 5.41) is 13.4. The van der Waals surface area contributed by atoms with Crippen molar-refractivity contribution in [3.63, 3.8) is 0 Å². The van der Waals surface area contributed by atoms with Crippen LogP contribution in [0.3, 0.4) is 0 Å². The van der Waals surface area contributed by atoms with Crippen molar-refractivity contribution in [2.24, 2.45) is 0 Å². The van der Waals surface area contributed by atoms with Gasteiger partial charge < -0.3 is 15.2 Å². The molecule has 3 rings (SSSR count). The molecule has 0 spiro atoms. The van der Waals surface area contributed by atoms with Crippen LogP contribution in [0.15, 0.2) is 48.8 Å². The molecule has 0 saturated carbocycles. The van der Waals surface area contributed by atoms with E-state index in [1.165, 1.54) is 6.92 Å². The number of aliphatic hydroxyl groups excluding tert-OH is 1. The molecule has 1 aliphatic heterocycles. The molecule has 0 aliphatic carbocycles. The molecule has 3 unspecified atom stereocenters. The first-order chi connectivity index (χ1) is 10.6. The van der Waals surface area contributed by atoms with Gasteiger partial charge in [-0.1, -0.05) is 24.3 Å². The van der Waals surface area contributed by atoms with Crippen LogP contribution in [0.25, 0.3) is 0 Å². The lowest BCUT2D eigenvalue weighted by molar-refractivity contribution is -0.120. The molecule has 22 heavy (non-hydrogen) atoms. The fourth-order valence-corrected chi connectivity index (χ4v) is 2.78. The number of aliphatic hydroxyl groups is 1. The first-order valence-corrected chi connectivity index (χ1v) is 7.26. The van der Waals surface area contributed by atoms with E-state index >= 15 is 0 Å². The molecule has 2 heterocycles. The van der Waals surface area contributed by atoms with Gasteiger partial charge in [-0.3, -0.25) is 9.78 Å². The Hall–Kier alpha value is -2.40. The number of pyridine rings is 1. The van der Waals surface area contributed by atoms with E-state index in [-0.39, 0.29) is 12.0 Å². The molecule has 2 aromatic rings. The molecule has 1 aromatic carbocycles. The van der Waals surface area contributed by atoms with E-state index in [1.54, 1.807) is 12.4 Å². The van der Waals surface area contributed by atoms with E-state index in [0.717, 1.165) is 5.56 Å². The Morgan fingerprint density at radius 2 is 2.14 bits per heavy atom. The molecule has 3 atom stereocenters. The first-order valence-electron chi connectivity index (χ1n) is 7.26. The molecule has 2 N–H and O–H groups in total. The zero-order valence-corrected chi connectivity index (χ0v) is 12.3. The molecule has 1 aliphatic rings. The van der Waals surface area contributed by atoms with Crippen LogP contribution in [-0.2, 0) is 4.79 Å². The van der Waals surface area contributed by atoms with Crippen molar-refractivity contribution >= 4 is 5.91 Å². The Labute approximate surface area is 129 Å². The third-order valence-corrected chi connectivity index (χ3v) is 3.80. The van der Waals surface area contributed by atoms with Gasteiger partial charge in [-0.2, -0.15) is 0 Å². The number of carbonyl (C=O) groups is 1. The summed E-state index contributed by atoms with van der Waals surface area (Å²) in [6.45, 7) is 1.45. The minimum Gasteiger partial charge on any atom is -0.485 e. The van der Waals surface area contributed by atoms with Gasteiger partial charge in [0.25, 0.3) is 0 Å². The highest BCUT2D eigenvalue weighted by atomic mass is 16.5. The number of carbonyl (C=O) groups excluding carboxylic acids is 1. The second-order valence-corrected chi connectivity index (χ2v) is 5.42. The van der Waals surface area contributed by atoms with E-state index in [1.807, 2.05) is 36.4 Å². The average molecular weight is 298 g/mol. The van der Waals surface area contributed by atoms with Crippen LogP contribution in [0.1, 0.15) is 36.7 Å². The number of fused-ring (bicyclic) bond motifs is 1. The van der Waals surface area contributed by atoms with Crippen molar-refractivity contribution in [3.05, 3.63) is 59.9 Å². The zero-order valence-electron chi connectivity index (χ0n) is 12.3. The third-order valence-electron chi connectivity index (χ3n) is 3.80. The van der Waals surface area contributed by atoms with Crippen molar-refractivity contribution in [3.8, 4) is 5.75 Å². The molecule has 0 saturated heterocycles. The maximum Gasteiger partial charge on any atom is 0.217 e. The molecule has 0 radical (unpaired) electrons. The van der Waals surface area contributed by atoms with Crippen molar-refractivity contribution in [2.45, 2.75) is 31.6 Å². The Morgan fingerprint density at radius 1 is 1.32 bits per heavy atom. The van der Waals surface area contributed by atoms with Gasteiger partial charge in [-0.15, -0.1) is 0 Å². The van der Waals surface area contributed by atoms with Gasteiger partial charge in [0.2, 0.25) is 5.91 Å². The normalized spacial score (nSPS) is 23.8. The summed E-state index contributed by atoms with van der Waals surface area (Å²) in [5.74, 6) is 0.463. The molecule has 5 nitrogen and oxygen atoms in total. The number of hydrogen-bond donors (Lipinski definition) is 2. The summed E-state index contributed by atoms with van der Waals surface area (Å²) < 4.78 is 6.07. The van der Waals surface area contributed by atoms with Gasteiger partial charge in [-0.25, -0.2) is 0 Å². The molecule has 1 aromatic heterocycles. The standard InChI is InChI=1S/C17H18N2O3/c1-11(20)19-14-9-16(12-5-4-8-18-10-12)22-15-7-3-2-6-13(15)17(14)21/h2-8,10,14,16-17,21H,9H2,1H3,(H,19,20). The van der Waals surface area contributed by atoms with E-state index in [4.69, 9.17) is 4.74 Å². The van der Waals surface area contributed by atoms with Crippen molar-refractivity contribution in [1.29, 1.82) is 0 Å². The summed E-state index contributed by atoms with van der Waals surface area (Å²) in [6.07, 6.45) is 2.84. The van der Waals surface area contributed by atoms with Crippen LogP contribution in [0.2, 0.25) is 0 Å². The van der Waals surface area contributed by atoms with Crippen LogP contribution >= 0.6 is 0 Å². The van der Waals surface area contributed by atoms with Crippen LogP contribution in [0.5, 0.6) is 5.75 Å². The topological polar surface area (TPSA) is 71.5 Å². The highest BCUT2D eigenvalue weighted by Gasteiger charge is 2.32. The average Bonchev–Trinajstić information content (AvgIpc) is 2.66. The lowest BCUT2D eigenvalue weighted by atomic mass is 9.96. The van der Waals surface area contributed by atoms with Gasteiger partial charge >= 0.3 is 0 Å². The molecule has 0 bridgehead atoms. The van der Waals surface area contributed by atoms with Gasteiger partial charge in [-0.05, 0) is 12.1 Å². The van der Waals surface area contributed by atoms with E-state index in [2.05, 4.69) is 10.3 Å². The monoisotopic (exact) mass is 298 g/mol. The SMILES string of the molecule is CC(=O)NC1CC(c2cccnc2)Oc2ccccc2C1O. The number of para-hydroxylation sites is 1. The smallest absolute Gasteiger partial charge is 0.217 e. The number of ether oxygens (including phenoxy) is 1. The number of rotatable bonds is 2. The first kappa shape index (κ1) is 14.5. The van der Waals surface area contributed by atoms with Crippen LogP contribution in [0, 0.1) is 0 Å². The fraction of sp³-hybridized carbons (Fsp3) is 0.294. The zero-order chi connectivity index (χ0) is 15.5. The molecular formula is C17H18N2O3. The Morgan fingerprint density at radius 3 is 2.86 bits per heavy atom. The number of hydrogen-bond acceptors (Lipinski definition) is 4. The summed E-state index contributed by atoms with van der Waals surface area (Å²) >= 11 is 0. The molecule has 5 heteroatoms. The quantitative estimate of drug-likeness (QED) is 0.891. The van der Waals surface area contributed by atoms with Gasteiger partial charge in [0.1, 0.15) is 18.0 Å². The maximum atomic E-state index is 11.4. The maximum absolute atomic E-state index is 11.4. The van der Waals surface area contributed by atoms with Crippen molar-refractivity contribution in [1.82, 2.24) is 10.3 Å². The van der Waals surface area contributed by atoms with Crippen molar-refractivity contribution in [2.75, 3.05) is 0 Å². The molecule has 0 fully saturated rings. The Balaban J connectivity index is 1.99. The number of benzene rings is 1. The van der Waals surface area contributed by atoms with E-state index < -0.39 is 12.1 Å². The van der Waals surface area contributed by atoms with Gasteiger partial charge in [0.15, 0.2) is 0 Å². The van der Waals surface area contributed by atoms with E-state index in [0.29, 0.717) is 17.7 Å².